The van der Waals surface area contributed by atoms with Crippen molar-refractivity contribution in [2.75, 3.05) is 13.2 Å². The number of rotatable bonds is 72. The van der Waals surface area contributed by atoms with Gasteiger partial charge in [-0.2, -0.15) is 0 Å². The van der Waals surface area contributed by atoms with E-state index < -0.39 is 12.1 Å². The Balaban J connectivity index is 3.35. The summed E-state index contributed by atoms with van der Waals surface area (Å²) in [7, 11) is 0. The van der Waals surface area contributed by atoms with Crippen molar-refractivity contribution in [2.45, 2.75) is 443 Å². The van der Waals surface area contributed by atoms with Crippen molar-refractivity contribution in [1.82, 2.24) is 5.32 Å². The lowest BCUT2D eigenvalue weighted by Gasteiger charge is -2.20. The minimum Gasteiger partial charge on any atom is -0.466 e. The molecule has 0 aromatic carbocycles. The zero-order valence-corrected chi connectivity index (χ0v) is 56.5. The van der Waals surface area contributed by atoms with E-state index >= 15 is 0 Å². The van der Waals surface area contributed by atoms with Crippen molar-refractivity contribution >= 4 is 11.9 Å². The van der Waals surface area contributed by atoms with Crippen LogP contribution in [0, 0.1) is 0 Å². The molecule has 0 aromatic heterocycles. The van der Waals surface area contributed by atoms with Crippen LogP contribution in [0.3, 0.4) is 0 Å². The molecule has 0 fully saturated rings. The lowest BCUT2D eigenvalue weighted by molar-refractivity contribution is -0.143. The zero-order chi connectivity index (χ0) is 59.9. The van der Waals surface area contributed by atoms with Crippen LogP contribution >= 0.6 is 0 Å². The number of hydrogen-bond acceptors (Lipinski definition) is 5. The van der Waals surface area contributed by atoms with Crippen LogP contribution < -0.4 is 5.32 Å². The third-order valence-electron chi connectivity index (χ3n) is 18.0. The van der Waals surface area contributed by atoms with Gasteiger partial charge in [-0.1, -0.05) is 385 Å². The molecule has 2 unspecified atom stereocenters. The molecule has 3 N–H and O–H groups in total. The first-order chi connectivity index (χ1) is 41.0. The van der Waals surface area contributed by atoms with E-state index in [9.17, 15) is 19.8 Å². The third-order valence-corrected chi connectivity index (χ3v) is 18.0. The first kappa shape index (κ1) is 81.3. The normalized spacial score (nSPS) is 12.6. The molecule has 0 saturated heterocycles. The number of allylic oxidation sites excluding steroid dienone is 3. The number of esters is 1. The zero-order valence-electron chi connectivity index (χ0n) is 56.5. The molecular weight excluding hydrogens is 1020 g/mol. The van der Waals surface area contributed by atoms with Crippen LogP contribution in [0.2, 0.25) is 0 Å². The second kappa shape index (κ2) is 72.8. The number of carbonyl (C=O) groups is 2. The fraction of sp³-hybridized carbons (Fsp3) is 0.922. The van der Waals surface area contributed by atoms with Crippen molar-refractivity contribution < 1.29 is 24.5 Å². The van der Waals surface area contributed by atoms with Gasteiger partial charge in [0.15, 0.2) is 0 Å². The van der Waals surface area contributed by atoms with Gasteiger partial charge in [0.1, 0.15) is 0 Å². The van der Waals surface area contributed by atoms with E-state index in [0.717, 1.165) is 44.9 Å². The van der Waals surface area contributed by atoms with Gasteiger partial charge in [-0.05, 0) is 57.8 Å². The Morgan fingerprint density at radius 1 is 0.325 bits per heavy atom. The number of hydrogen-bond donors (Lipinski definition) is 3. The van der Waals surface area contributed by atoms with Crippen molar-refractivity contribution in [2.24, 2.45) is 0 Å². The molecule has 0 aromatic rings. The second-order valence-electron chi connectivity index (χ2n) is 26.3. The van der Waals surface area contributed by atoms with E-state index in [2.05, 4.69) is 31.3 Å². The van der Waals surface area contributed by atoms with E-state index in [1.54, 1.807) is 6.08 Å². The highest BCUT2D eigenvalue weighted by Gasteiger charge is 2.18. The number of unbranched alkanes of at least 4 members (excludes halogenated alkanes) is 59. The van der Waals surface area contributed by atoms with Crippen LogP contribution in [0.5, 0.6) is 0 Å². The van der Waals surface area contributed by atoms with E-state index in [0.29, 0.717) is 19.4 Å². The summed E-state index contributed by atoms with van der Waals surface area (Å²) in [5, 5.41) is 23.3. The van der Waals surface area contributed by atoms with Gasteiger partial charge in [0, 0.05) is 12.8 Å². The summed E-state index contributed by atoms with van der Waals surface area (Å²) >= 11 is 0. The largest absolute Gasteiger partial charge is 0.466 e. The first-order valence-electron chi connectivity index (χ1n) is 38.1. The Bertz CT molecular complexity index is 1300. The fourth-order valence-corrected chi connectivity index (χ4v) is 12.2. The topological polar surface area (TPSA) is 95.9 Å². The molecule has 0 radical (unpaired) electrons. The number of ether oxygens (including phenoxy) is 1. The van der Waals surface area contributed by atoms with Crippen molar-refractivity contribution in [1.29, 1.82) is 0 Å². The number of aliphatic hydroxyl groups is 2. The van der Waals surface area contributed by atoms with Crippen LogP contribution in [-0.2, 0) is 14.3 Å². The van der Waals surface area contributed by atoms with E-state index in [4.69, 9.17) is 4.74 Å². The molecule has 1 amide bonds. The average Bonchev–Trinajstić information content (AvgIpc) is 3.49. The Morgan fingerprint density at radius 3 is 0.855 bits per heavy atom. The van der Waals surface area contributed by atoms with Gasteiger partial charge in [0.05, 0.1) is 25.4 Å². The van der Waals surface area contributed by atoms with E-state index in [-0.39, 0.29) is 18.5 Å². The van der Waals surface area contributed by atoms with Crippen LogP contribution in [0.25, 0.3) is 0 Å². The minimum absolute atomic E-state index is 0.0126. The molecule has 83 heavy (non-hydrogen) atoms. The Morgan fingerprint density at radius 2 is 0.566 bits per heavy atom. The minimum atomic E-state index is -0.842. The first-order valence-corrected chi connectivity index (χ1v) is 38.1. The molecule has 0 saturated carbocycles. The van der Waals surface area contributed by atoms with Crippen molar-refractivity contribution in [3.63, 3.8) is 0 Å². The molecule has 0 rings (SSSR count). The van der Waals surface area contributed by atoms with Gasteiger partial charge in [-0.3, -0.25) is 9.59 Å². The summed E-state index contributed by atoms with van der Waals surface area (Å²) in [5.74, 6) is -0.0465. The van der Waals surface area contributed by atoms with Gasteiger partial charge in [0.25, 0.3) is 0 Å². The molecular formula is C77H149NO5. The molecule has 0 aliphatic carbocycles. The maximum absolute atomic E-state index is 12.5. The lowest BCUT2D eigenvalue weighted by atomic mass is 10.0. The van der Waals surface area contributed by atoms with Crippen LogP contribution in [0.1, 0.15) is 431 Å². The SMILES string of the molecule is CCCCCCC/C=C\CCCCCCCC(=O)OCCCCCCCCCCCCCCCCCCCCCCCCCCCCCCCCCC(=O)NC(CO)C(O)/C=C/CCCCCCCCCCCCCCCCCCCCC. The summed E-state index contributed by atoms with van der Waals surface area (Å²) in [6, 6.07) is -0.625. The molecule has 2 atom stereocenters. The molecule has 492 valence electrons. The number of nitrogens with one attached hydrogen (secondary N) is 1. The summed E-state index contributed by atoms with van der Waals surface area (Å²) in [5.41, 5.74) is 0. The Hall–Kier alpha value is -1.66. The number of carbonyl (C=O) groups excluding carboxylic acids is 2. The maximum atomic E-state index is 12.5. The molecule has 0 aliphatic heterocycles. The molecule has 0 bridgehead atoms. The fourth-order valence-electron chi connectivity index (χ4n) is 12.2. The van der Waals surface area contributed by atoms with Crippen LogP contribution in [-0.4, -0.2) is 47.4 Å². The third kappa shape index (κ3) is 69.3. The standard InChI is InChI=1S/C77H149NO5/c1-3-5-7-9-11-13-15-17-19-20-21-33-36-39-42-45-49-53-57-61-65-69-75(80)74(73-79)78-76(81)70-66-62-58-54-50-46-43-40-37-34-31-29-27-25-23-22-24-26-28-30-32-35-38-41-44-48-52-56-60-64-68-72-83-77(82)71-67-63-59-55-51-47-18-16-14-12-10-8-6-4-2/h16,18,65,69,74-75,79-80H,3-15,17,19-64,66-68,70-73H2,1-2H3,(H,78,81)/b18-16-,69-65+. The van der Waals surface area contributed by atoms with Gasteiger partial charge in [-0.15, -0.1) is 0 Å². The van der Waals surface area contributed by atoms with Crippen LogP contribution in [0.4, 0.5) is 0 Å². The maximum Gasteiger partial charge on any atom is 0.305 e. The quantitative estimate of drug-likeness (QED) is 0.0320. The molecule has 0 spiro atoms. The monoisotopic (exact) mass is 1170 g/mol. The van der Waals surface area contributed by atoms with Gasteiger partial charge >= 0.3 is 5.97 Å². The molecule has 0 heterocycles. The van der Waals surface area contributed by atoms with E-state index in [1.807, 2.05) is 6.08 Å². The van der Waals surface area contributed by atoms with E-state index in [1.165, 1.54) is 360 Å². The molecule has 6 heteroatoms. The smallest absolute Gasteiger partial charge is 0.305 e. The number of aliphatic hydroxyl groups excluding tert-OH is 2. The highest BCUT2D eigenvalue weighted by molar-refractivity contribution is 5.76. The van der Waals surface area contributed by atoms with Gasteiger partial charge in [-0.25, -0.2) is 0 Å². The van der Waals surface area contributed by atoms with Crippen molar-refractivity contribution in [3.8, 4) is 0 Å². The predicted octanol–water partition coefficient (Wildman–Crippen LogP) is 24.9. The van der Waals surface area contributed by atoms with Crippen LogP contribution in [0.15, 0.2) is 24.3 Å². The summed E-state index contributed by atoms with van der Waals surface area (Å²) in [4.78, 5) is 24.6. The van der Waals surface area contributed by atoms with Gasteiger partial charge in [0.2, 0.25) is 5.91 Å². The second-order valence-corrected chi connectivity index (χ2v) is 26.3. The van der Waals surface area contributed by atoms with Crippen molar-refractivity contribution in [3.05, 3.63) is 24.3 Å². The highest BCUT2D eigenvalue weighted by Crippen LogP contribution is 2.20. The summed E-state index contributed by atoms with van der Waals surface area (Å²) in [6.45, 7) is 4.94. The Labute approximate surface area is 520 Å². The molecule has 6 nitrogen and oxygen atoms in total. The lowest BCUT2D eigenvalue weighted by Crippen LogP contribution is -2.45. The predicted molar refractivity (Wildman–Crippen MR) is 366 cm³/mol. The number of amides is 1. The average molecular weight is 1170 g/mol. The molecule has 0 aliphatic rings. The Kier molecular flexibility index (Phi) is 71.4. The highest BCUT2D eigenvalue weighted by atomic mass is 16.5. The van der Waals surface area contributed by atoms with Gasteiger partial charge < -0.3 is 20.3 Å². The summed E-state index contributed by atoms with van der Waals surface area (Å²) in [6.07, 6.45) is 92.9. The summed E-state index contributed by atoms with van der Waals surface area (Å²) < 4.78 is 5.49.